The maximum atomic E-state index is 13.2. The largest absolute Gasteiger partial charge is 0.508 e. The second kappa shape index (κ2) is 17.7. The van der Waals surface area contributed by atoms with Gasteiger partial charge in [0.05, 0.1) is 25.4 Å². The molecule has 11 N–H and O–H groups in total. The first-order valence-corrected chi connectivity index (χ1v) is 14.2. The molecule has 46 heavy (non-hydrogen) atoms. The van der Waals surface area contributed by atoms with E-state index in [4.69, 9.17) is 17.2 Å². The van der Waals surface area contributed by atoms with Crippen LogP contribution in [0.15, 0.2) is 54.6 Å². The summed E-state index contributed by atoms with van der Waals surface area (Å²) in [6, 6.07) is 9.93. The lowest BCUT2D eigenvalue weighted by Crippen LogP contribution is -2.57. The molecular weight excluding hydrogens is 600 g/mol. The van der Waals surface area contributed by atoms with Crippen molar-refractivity contribution in [1.29, 1.82) is 0 Å². The number of nitrogens with two attached hydrogens (primary N) is 3. The first kappa shape index (κ1) is 36.7. The van der Waals surface area contributed by atoms with E-state index in [1.54, 1.807) is 42.5 Å². The number of nitrogens with one attached hydrogen (secondary N) is 4. The van der Waals surface area contributed by atoms with Crippen molar-refractivity contribution in [3.8, 4) is 5.75 Å². The minimum atomic E-state index is -1.42. The zero-order valence-electron chi connectivity index (χ0n) is 25.5. The molecule has 0 saturated heterocycles. The number of carbonyl (C=O) groups excluding carboxylic acids is 7. The number of nitrogens with zero attached hydrogens (tertiary/aromatic N) is 1. The summed E-state index contributed by atoms with van der Waals surface area (Å²) >= 11 is 0. The van der Waals surface area contributed by atoms with Crippen molar-refractivity contribution in [1.82, 2.24) is 26.2 Å². The van der Waals surface area contributed by atoms with E-state index < -0.39 is 84.9 Å². The highest BCUT2D eigenvalue weighted by Gasteiger charge is 2.32. The van der Waals surface area contributed by atoms with Gasteiger partial charge in [0.1, 0.15) is 23.9 Å². The van der Waals surface area contributed by atoms with Crippen molar-refractivity contribution in [3.05, 3.63) is 65.7 Å². The molecule has 16 nitrogen and oxygen atoms in total. The molecule has 248 valence electrons. The van der Waals surface area contributed by atoms with Gasteiger partial charge in [-0.2, -0.15) is 0 Å². The number of benzene rings is 2. The molecule has 0 spiro atoms. The molecule has 0 radical (unpaired) electrons. The molecule has 0 heterocycles. The number of primary amides is 3. The van der Waals surface area contributed by atoms with E-state index >= 15 is 0 Å². The van der Waals surface area contributed by atoms with Gasteiger partial charge in [0.25, 0.3) is 0 Å². The molecule has 0 aliphatic rings. The fraction of sp³-hybridized carbons (Fsp3) is 0.367. The van der Waals surface area contributed by atoms with E-state index in [0.29, 0.717) is 11.1 Å². The Hall–Kier alpha value is -5.51. The molecule has 0 aromatic heterocycles. The minimum Gasteiger partial charge on any atom is -0.508 e. The summed E-state index contributed by atoms with van der Waals surface area (Å²) in [7, 11) is 2.84. The molecule has 2 aromatic rings. The Morgan fingerprint density at radius 1 is 0.717 bits per heavy atom. The Kier molecular flexibility index (Phi) is 14.1. The smallest absolute Gasteiger partial charge is 0.243 e. The van der Waals surface area contributed by atoms with Crippen LogP contribution in [0.3, 0.4) is 0 Å². The lowest BCUT2D eigenvalue weighted by molar-refractivity contribution is -0.140. The fourth-order valence-corrected chi connectivity index (χ4v) is 4.40. The Bertz CT molecular complexity index is 1400. The van der Waals surface area contributed by atoms with E-state index in [1.165, 1.54) is 26.2 Å². The van der Waals surface area contributed by atoms with Gasteiger partial charge in [-0.05, 0) is 36.7 Å². The average Bonchev–Trinajstić information content (AvgIpc) is 3.00. The summed E-state index contributed by atoms with van der Waals surface area (Å²) in [6.07, 6.45) is -0.927. The molecule has 2 rings (SSSR count). The van der Waals surface area contributed by atoms with Crippen LogP contribution in [0.2, 0.25) is 0 Å². The van der Waals surface area contributed by atoms with Crippen LogP contribution in [0.1, 0.15) is 24.0 Å². The summed E-state index contributed by atoms with van der Waals surface area (Å²) < 4.78 is 0. The molecule has 0 aliphatic carbocycles. The molecule has 2 aromatic carbocycles. The van der Waals surface area contributed by atoms with E-state index in [-0.39, 0.29) is 18.6 Å². The van der Waals surface area contributed by atoms with Crippen molar-refractivity contribution in [2.75, 3.05) is 20.6 Å². The van der Waals surface area contributed by atoms with Gasteiger partial charge >= 0.3 is 0 Å². The van der Waals surface area contributed by atoms with Crippen LogP contribution >= 0.6 is 0 Å². The number of carbonyl (C=O) groups is 7. The Labute approximate surface area is 265 Å². The van der Waals surface area contributed by atoms with Crippen molar-refractivity contribution in [2.24, 2.45) is 17.2 Å². The number of likely N-dealkylation sites (N-methyl/N-ethyl adjacent to an activating group) is 2. The lowest BCUT2D eigenvalue weighted by atomic mass is 10.0. The number of amides is 7. The van der Waals surface area contributed by atoms with Gasteiger partial charge in [-0.1, -0.05) is 42.5 Å². The van der Waals surface area contributed by atoms with Gasteiger partial charge in [-0.25, -0.2) is 0 Å². The predicted molar refractivity (Wildman–Crippen MR) is 165 cm³/mol. The quantitative estimate of drug-likeness (QED) is 0.0819. The number of hydrogen-bond donors (Lipinski definition) is 8. The molecule has 0 bridgehead atoms. The van der Waals surface area contributed by atoms with Gasteiger partial charge < -0.3 is 48.5 Å². The van der Waals surface area contributed by atoms with Crippen LogP contribution in [0.5, 0.6) is 5.75 Å². The summed E-state index contributed by atoms with van der Waals surface area (Å²) in [6.45, 7) is -0.636. The molecular formula is C30H40N8O8. The molecule has 7 amide bonds. The van der Waals surface area contributed by atoms with Crippen LogP contribution in [0.4, 0.5) is 0 Å². The molecule has 0 unspecified atom stereocenters. The second-order valence-electron chi connectivity index (χ2n) is 10.5. The summed E-state index contributed by atoms with van der Waals surface area (Å²) in [5, 5.41) is 19.5. The standard InChI is InChI=1S/C30H40N8O8/c1-34-21(12-18-8-10-19(39)11-9-18)29(45)37-22(15-25(32)41)28(44)35-16-26(42)38(2)23(13-17-6-4-3-5-7-17)30(46)36-20(27(33)43)14-24(31)40/h3-11,20-23,34,39H,12-16H2,1-2H3,(H2,31,40)(H2,32,41)(H2,33,43)(H,35,44)(H,36,46)(H,37,45)/t20-,21+,22-,23+/m1/s1. The van der Waals surface area contributed by atoms with Crippen molar-refractivity contribution in [2.45, 2.75) is 49.9 Å². The number of phenolic OH excluding ortho intramolecular Hbond substituents is 1. The highest BCUT2D eigenvalue weighted by Crippen LogP contribution is 2.12. The Balaban J connectivity index is 2.15. The predicted octanol–water partition coefficient (Wildman–Crippen LogP) is -3.09. The van der Waals surface area contributed by atoms with Crippen LogP contribution in [-0.2, 0) is 46.4 Å². The topological polar surface area (TPSA) is 269 Å². The monoisotopic (exact) mass is 640 g/mol. The lowest BCUT2D eigenvalue weighted by Gasteiger charge is -2.29. The van der Waals surface area contributed by atoms with Crippen molar-refractivity contribution in [3.63, 3.8) is 0 Å². The van der Waals surface area contributed by atoms with Gasteiger partial charge in [0.15, 0.2) is 0 Å². The van der Waals surface area contributed by atoms with Crippen LogP contribution in [0, 0.1) is 0 Å². The third-order valence-electron chi connectivity index (χ3n) is 6.99. The third kappa shape index (κ3) is 11.9. The highest BCUT2D eigenvalue weighted by molar-refractivity contribution is 5.96. The van der Waals surface area contributed by atoms with Gasteiger partial charge in [-0.3, -0.25) is 33.6 Å². The zero-order chi connectivity index (χ0) is 34.4. The first-order valence-electron chi connectivity index (χ1n) is 14.2. The third-order valence-corrected chi connectivity index (χ3v) is 6.99. The molecule has 0 aliphatic heterocycles. The molecule has 0 saturated carbocycles. The van der Waals surface area contributed by atoms with Crippen LogP contribution in [-0.4, -0.2) is 96.2 Å². The first-order chi connectivity index (χ1) is 21.7. The molecule has 4 atom stereocenters. The summed E-state index contributed by atoms with van der Waals surface area (Å²) in [5.41, 5.74) is 17.1. The summed E-state index contributed by atoms with van der Waals surface area (Å²) in [4.78, 5) is 88.4. The van der Waals surface area contributed by atoms with E-state index in [1.807, 2.05) is 0 Å². The second-order valence-corrected chi connectivity index (χ2v) is 10.5. The SMILES string of the molecule is CN[C@@H](Cc1ccc(O)cc1)C(=O)N[C@H](CC(N)=O)C(=O)NCC(=O)N(C)[C@@H](Cc1ccccc1)C(=O)N[C@H](CC(N)=O)C(N)=O. The fourth-order valence-electron chi connectivity index (χ4n) is 4.40. The van der Waals surface area contributed by atoms with Gasteiger partial charge in [0, 0.05) is 13.5 Å². The van der Waals surface area contributed by atoms with Crippen LogP contribution in [0.25, 0.3) is 0 Å². The number of rotatable bonds is 18. The number of aromatic hydroxyl groups is 1. The maximum Gasteiger partial charge on any atom is 0.243 e. The maximum absolute atomic E-state index is 13.2. The average molecular weight is 641 g/mol. The van der Waals surface area contributed by atoms with Crippen molar-refractivity contribution >= 4 is 41.4 Å². The Morgan fingerprint density at radius 2 is 1.26 bits per heavy atom. The molecule has 0 fully saturated rings. The van der Waals surface area contributed by atoms with Gasteiger partial charge in [0.2, 0.25) is 41.4 Å². The normalized spacial score (nSPS) is 13.3. The molecule has 16 heteroatoms. The minimum absolute atomic E-state index is 0.00227. The van der Waals surface area contributed by atoms with E-state index in [9.17, 15) is 38.7 Å². The van der Waals surface area contributed by atoms with E-state index in [2.05, 4.69) is 21.3 Å². The van der Waals surface area contributed by atoms with E-state index in [0.717, 1.165) is 4.90 Å². The number of hydrogen-bond acceptors (Lipinski definition) is 9. The van der Waals surface area contributed by atoms with Crippen LogP contribution < -0.4 is 38.5 Å². The van der Waals surface area contributed by atoms with Crippen molar-refractivity contribution < 1.29 is 38.7 Å². The Morgan fingerprint density at radius 3 is 1.80 bits per heavy atom. The number of phenols is 1. The zero-order valence-corrected chi connectivity index (χ0v) is 25.5. The summed E-state index contributed by atoms with van der Waals surface area (Å²) in [5.74, 6) is -5.76. The highest BCUT2D eigenvalue weighted by atomic mass is 16.3. The van der Waals surface area contributed by atoms with Gasteiger partial charge in [-0.15, -0.1) is 0 Å².